The van der Waals surface area contributed by atoms with Crippen molar-refractivity contribution in [2.45, 2.75) is 10.9 Å². The highest BCUT2D eigenvalue weighted by atomic mass is 32.2. The van der Waals surface area contributed by atoms with Crippen molar-refractivity contribution in [2.24, 2.45) is 0 Å². The van der Waals surface area contributed by atoms with Crippen molar-refractivity contribution in [3.05, 3.63) is 54.1 Å². The van der Waals surface area contributed by atoms with Crippen molar-refractivity contribution >= 4 is 29.3 Å². The van der Waals surface area contributed by atoms with Crippen LogP contribution in [0.4, 0.5) is 5.69 Å². The SMILES string of the molecule is COc1ccccc1C1CNCCN1C(=O)CN1C(=O)CSc2ccccc21. The zero-order valence-corrected chi connectivity index (χ0v) is 16.6. The minimum absolute atomic E-state index is 0.0268. The lowest BCUT2D eigenvalue weighted by Crippen LogP contribution is -2.52. The number of rotatable bonds is 4. The molecule has 1 atom stereocenters. The van der Waals surface area contributed by atoms with Crippen molar-refractivity contribution in [3.63, 3.8) is 0 Å². The van der Waals surface area contributed by atoms with Gasteiger partial charge >= 0.3 is 0 Å². The Morgan fingerprint density at radius 1 is 1.21 bits per heavy atom. The molecule has 4 rings (SSSR count). The number of carbonyl (C=O) groups excluding carboxylic acids is 2. The molecule has 0 aliphatic carbocycles. The molecule has 6 nitrogen and oxygen atoms in total. The minimum atomic E-state index is -0.123. The van der Waals surface area contributed by atoms with E-state index in [1.165, 1.54) is 11.8 Å². The molecular formula is C21H23N3O3S. The summed E-state index contributed by atoms with van der Waals surface area (Å²) in [5.41, 5.74) is 1.80. The Hall–Kier alpha value is -2.51. The fraction of sp³-hybridized carbons (Fsp3) is 0.333. The smallest absolute Gasteiger partial charge is 0.243 e. The molecule has 2 amide bonds. The lowest BCUT2D eigenvalue weighted by molar-refractivity contribution is -0.134. The topological polar surface area (TPSA) is 61.9 Å². The van der Waals surface area contributed by atoms with Crippen molar-refractivity contribution in [1.82, 2.24) is 10.2 Å². The molecule has 2 heterocycles. The summed E-state index contributed by atoms with van der Waals surface area (Å²) in [4.78, 5) is 30.3. The van der Waals surface area contributed by atoms with E-state index in [-0.39, 0.29) is 24.4 Å². The van der Waals surface area contributed by atoms with Gasteiger partial charge in [-0.1, -0.05) is 30.3 Å². The Kier molecular flexibility index (Phi) is 5.54. The van der Waals surface area contributed by atoms with Crippen LogP contribution < -0.4 is 15.0 Å². The summed E-state index contributed by atoms with van der Waals surface area (Å²) in [6.45, 7) is 2.05. The highest BCUT2D eigenvalue weighted by Gasteiger charge is 2.33. The number of anilines is 1. The van der Waals surface area contributed by atoms with Gasteiger partial charge < -0.3 is 19.9 Å². The molecular weight excluding hydrogens is 374 g/mol. The maximum atomic E-state index is 13.3. The second kappa shape index (κ2) is 8.24. The molecule has 1 fully saturated rings. The van der Waals surface area contributed by atoms with Gasteiger partial charge in [-0.2, -0.15) is 0 Å². The molecule has 0 bridgehead atoms. The second-order valence-corrected chi connectivity index (χ2v) is 7.80. The van der Waals surface area contributed by atoms with Gasteiger partial charge in [0.25, 0.3) is 0 Å². The number of carbonyl (C=O) groups is 2. The molecule has 0 spiro atoms. The van der Waals surface area contributed by atoms with E-state index < -0.39 is 0 Å². The number of nitrogens with zero attached hydrogens (tertiary/aromatic N) is 2. The molecule has 146 valence electrons. The van der Waals surface area contributed by atoms with Crippen molar-refractivity contribution in [3.8, 4) is 5.75 Å². The van der Waals surface area contributed by atoms with E-state index >= 15 is 0 Å². The number of methoxy groups -OCH3 is 1. The molecule has 1 N–H and O–H groups in total. The van der Waals surface area contributed by atoms with Crippen LogP contribution in [0, 0.1) is 0 Å². The molecule has 2 aliphatic heterocycles. The van der Waals surface area contributed by atoms with Gasteiger partial charge in [0.2, 0.25) is 11.8 Å². The van der Waals surface area contributed by atoms with Gasteiger partial charge in [-0.3, -0.25) is 9.59 Å². The summed E-state index contributed by atoms with van der Waals surface area (Å²) in [6, 6.07) is 15.4. The van der Waals surface area contributed by atoms with Crippen LogP contribution in [-0.2, 0) is 9.59 Å². The van der Waals surface area contributed by atoms with Gasteiger partial charge in [0.15, 0.2) is 0 Å². The molecule has 0 saturated carbocycles. The number of hydrogen-bond donors (Lipinski definition) is 1. The lowest BCUT2D eigenvalue weighted by atomic mass is 10.0. The van der Waals surface area contributed by atoms with Gasteiger partial charge in [-0.05, 0) is 18.2 Å². The van der Waals surface area contributed by atoms with Crippen LogP contribution in [-0.4, -0.2) is 55.8 Å². The third-order valence-electron chi connectivity index (χ3n) is 5.16. The molecule has 2 aliphatic rings. The van der Waals surface area contributed by atoms with Crippen LogP contribution >= 0.6 is 11.8 Å². The summed E-state index contributed by atoms with van der Waals surface area (Å²) in [5, 5.41) is 3.36. The fourth-order valence-electron chi connectivity index (χ4n) is 3.78. The fourth-order valence-corrected chi connectivity index (χ4v) is 4.71. The van der Waals surface area contributed by atoms with Crippen LogP contribution in [0.25, 0.3) is 0 Å². The van der Waals surface area contributed by atoms with E-state index in [1.807, 2.05) is 53.4 Å². The van der Waals surface area contributed by atoms with Crippen molar-refractivity contribution in [2.75, 3.05) is 43.9 Å². The molecule has 0 aromatic heterocycles. The third kappa shape index (κ3) is 3.59. The molecule has 2 aromatic carbocycles. The Morgan fingerprint density at radius 2 is 2.00 bits per heavy atom. The van der Waals surface area contributed by atoms with Gasteiger partial charge in [-0.25, -0.2) is 0 Å². The highest BCUT2D eigenvalue weighted by Crippen LogP contribution is 2.35. The predicted molar refractivity (Wildman–Crippen MR) is 110 cm³/mol. The zero-order valence-electron chi connectivity index (χ0n) is 15.8. The Morgan fingerprint density at radius 3 is 2.86 bits per heavy atom. The van der Waals surface area contributed by atoms with E-state index in [0.717, 1.165) is 28.4 Å². The number of para-hydroxylation sites is 2. The third-order valence-corrected chi connectivity index (χ3v) is 6.21. The summed E-state index contributed by atoms with van der Waals surface area (Å²) in [7, 11) is 1.64. The zero-order chi connectivity index (χ0) is 19.5. The number of piperazine rings is 1. The number of hydrogen-bond acceptors (Lipinski definition) is 5. The number of fused-ring (bicyclic) bond motifs is 1. The maximum Gasteiger partial charge on any atom is 0.243 e. The van der Waals surface area contributed by atoms with Crippen molar-refractivity contribution < 1.29 is 14.3 Å². The van der Waals surface area contributed by atoms with E-state index in [1.54, 1.807) is 12.0 Å². The number of nitrogens with one attached hydrogen (secondary N) is 1. The standard InChI is InChI=1S/C21H23N3O3S/c1-27-18-8-4-2-6-15(18)17-12-22-10-11-23(17)20(25)13-24-16-7-3-5-9-19(16)28-14-21(24)26/h2-9,17,22H,10-14H2,1H3. The van der Waals surface area contributed by atoms with Gasteiger partial charge in [0.1, 0.15) is 12.3 Å². The Labute approximate surface area is 168 Å². The average Bonchev–Trinajstić information content (AvgIpc) is 2.75. The van der Waals surface area contributed by atoms with E-state index in [2.05, 4.69) is 5.32 Å². The first-order valence-corrected chi connectivity index (χ1v) is 10.3. The molecule has 7 heteroatoms. The highest BCUT2D eigenvalue weighted by molar-refractivity contribution is 8.00. The first-order valence-electron chi connectivity index (χ1n) is 9.34. The summed E-state index contributed by atoms with van der Waals surface area (Å²) in [6.07, 6.45) is 0. The summed E-state index contributed by atoms with van der Waals surface area (Å²) >= 11 is 1.52. The lowest BCUT2D eigenvalue weighted by Gasteiger charge is -2.38. The normalized spacial score (nSPS) is 19.3. The Balaban J connectivity index is 1.59. The number of benzene rings is 2. The molecule has 1 unspecified atom stereocenters. The van der Waals surface area contributed by atoms with Crippen LogP contribution in [0.2, 0.25) is 0 Å². The van der Waals surface area contributed by atoms with Crippen LogP contribution in [0.1, 0.15) is 11.6 Å². The molecule has 28 heavy (non-hydrogen) atoms. The maximum absolute atomic E-state index is 13.3. The van der Waals surface area contributed by atoms with E-state index in [4.69, 9.17) is 4.74 Å². The molecule has 2 aromatic rings. The van der Waals surface area contributed by atoms with E-state index in [9.17, 15) is 9.59 Å². The number of amides is 2. The Bertz CT molecular complexity index is 889. The number of thioether (sulfide) groups is 1. The van der Waals surface area contributed by atoms with Crippen LogP contribution in [0.5, 0.6) is 5.75 Å². The van der Waals surface area contributed by atoms with Crippen LogP contribution in [0.3, 0.4) is 0 Å². The summed E-state index contributed by atoms with van der Waals surface area (Å²) < 4.78 is 5.51. The quantitative estimate of drug-likeness (QED) is 0.858. The monoisotopic (exact) mass is 397 g/mol. The first-order chi connectivity index (χ1) is 13.7. The largest absolute Gasteiger partial charge is 0.496 e. The molecule has 1 saturated heterocycles. The van der Waals surface area contributed by atoms with Gasteiger partial charge in [0, 0.05) is 30.1 Å². The average molecular weight is 398 g/mol. The van der Waals surface area contributed by atoms with Gasteiger partial charge in [0.05, 0.1) is 24.6 Å². The van der Waals surface area contributed by atoms with Crippen LogP contribution in [0.15, 0.2) is 53.4 Å². The van der Waals surface area contributed by atoms with E-state index in [0.29, 0.717) is 18.8 Å². The first kappa shape index (κ1) is 18.8. The second-order valence-electron chi connectivity index (χ2n) is 6.79. The van der Waals surface area contributed by atoms with Crippen molar-refractivity contribution in [1.29, 1.82) is 0 Å². The van der Waals surface area contributed by atoms with Gasteiger partial charge in [-0.15, -0.1) is 11.8 Å². The number of ether oxygens (including phenoxy) is 1. The summed E-state index contributed by atoms with van der Waals surface area (Å²) in [5.74, 6) is 1.06. The minimum Gasteiger partial charge on any atom is -0.496 e. The predicted octanol–water partition coefficient (Wildman–Crippen LogP) is 2.31. The molecule has 0 radical (unpaired) electrons.